The molecule has 0 saturated carbocycles. The van der Waals surface area contributed by atoms with Crippen LogP contribution in [-0.4, -0.2) is 31.8 Å². The molecule has 1 aliphatic heterocycles. The Hall–Kier alpha value is -5.47. The average molecular weight is 629 g/mol. The van der Waals surface area contributed by atoms with Crippen LogP contribution in [-0.2, 0) is 17.6 Å². The number of aromatic amines is 1. The van der Waals surface area contributed by atoms with Gasteiger partial charge < -0.3 is 14.5 Å². The summed E-state index contributed by atoms with van der Waals surface area (Å²) >= 11 is 6.18. The number of carbonyl (C=O) groups is 1. The number of carbonyl (C=O) groups excluding carboxylic acids is 1. The van der Waals surface area contributed by atoms with E-state index < -0.39 is 16.5 Å². The van der Waals surface area contributed by atoms with E-state index in [1.165, 1.54) is 34.4 Å². The molecule has 8 nitrogen and oxygen atoms in total. The van der Waals surface area contributed by atoms with E-state index in [0.29, 0.717) is 23.6 Å². The highest BCUT2D eigenvalue weighted by Crippen LogP contribution is 2.40. The summed E-state index contributed by atoms with van der Waals surface area (Å²) in [5.74, 6) is -0.189. The van der Waals surface area contributed by atoms with Crippen LogP contribution < -0.4 is 5.56 Å². The van der Waals surface area contributed by atoms with Gasteiger partial charge in [0, 0.05) is 52.9 Å². The van der Waals surface area contributed by atoms with Crippen LogP contribution in [0.3, 0.4) is 0 Å². The second-order valence-corrected chi connectivity index (χ2v) is 11.9. The average Bonchev–Trinajstić information content (AvgIpc) is 3.46. The molecule has 0 aliphatic carbocycles. The fourth-order valence-corrected chi connectivity index (χ4v) is 6.78. The molecule has 228 valence electrons. The minimum absolute atomic E-state index is 0.161. The van der Waals surface area contributed by atoms with E-state index in [0.717, 1.165) is 27.7 Å². The predicted octanol–water partition coefficient (Wildman–Crippen LogP) is 7.52. The van der Waals surface area contributed by atoms with E-state index in [4.69, 9.17) is 11.6 Å². The van der Waals surface area contributed by atoms with Gasteiger partial charge in [0.15, 0.2) is 0 Å². The van der Waals surface area contributed by atoms with Gasteiger partial charge in [-0.1, -0.05) is 90.5 Å². The molecular formula is C37H29ClN4O4. The lowest BCUT2D eigenvalue weighted by molar-refractivity contribution is -0.384. The van der Waals surface area contributed by atoms with Crippen molar-refractivity contribution in [3.05, 3.63) is 169 Å². The number of nitrogens with zero attached hydrogens (tertiary/aromatic N) is 3. The first-order valence-corrected chi connectivity index (χ1v) is 15.4. The van der Waals surface area contributed by atoms with Crippen molar-refractivity contribution in [2.75, 3.05) is 6.54 Å². The van der Waals surface area contributed by atoms with Crippen LogP contribution in [0, 0.1) is 10.1 Å². The van der Waals surface area contributed by atoms with Crippen LogP contribution >= 0.6 is 11.6 Å². The maximum Gasteiger partial charge on any atom is 0.277 e. The van der Waals surface area contributed by atoms with Crippen molar-refractivity contribution in [1.29, 1.82) is 0 Å². The molecule has 0 fully saturated rings. The molecule has 46 heavy (non-hydrogen) atoms. The van der Waals surface area contributed by atoms with Crippen molar-refractivity contribution in [3.63, 3.8) is 0 Å². The van der Waals surface area contributed by atoms with Gasteiger partial charge in [0.2, 0.25) is 5.91 Å². The third kappa shape index (κ3) is 5.37. The molecule has 0 radical (unpaired) electrons. The van der Waals surface area contributed by atoms with Gasteiger partial charge in [-0.25, -0.2) is 0 Å². The molecule has 2 atom stereocenters. The summed E-state index contributed by atoms with van der Waals surface area (Å²) in [5.41, 5.74) is 5.04. The molecular weight excluding hydrogens is 600 g/mol. The molecule has 0 saturated heterocycles. The number of H-pyrrole nitrogens is 1. The van der Waals surface area contributed by atoms with Gasteiger partial charge in [0.1, 0.15) is 6.04 Å². The highest BCUT2D eigenvalue weighted by Gasteiger charge is 2.38. The molecule has 1 aliphatic rings. The van der Waals surface area contributed by atoms with Crippen molar-refractivity contribution in [2.24, 2.45) is 0 Å². The molecule has 1 amide bonds. The number of amides is 1. The van der Waals surface area contributed by atoms with Crippen molar-refractivity contribution < 1.29 is 9.72 Å². The molecule has 1 N–H and O–H groups in total. The third-order valence-corrected chi connectivity index (χ3v) is 8.98. The Morgan fingerprint density at radius 2 is 1.65 bits per heavy atom. The Morgan fingerprint density at radius 3 is 2.39 bits per heavy atom. The Kier molecular flexibility index (Phi) is 7.72. The van der Waals surface area contributed by atoms with E-state index in [1.807, 2.05) is 83.8 Å². The lowest BCUT2D eigenvalue weighted by Gasteiger charge is -2.38. The number of rotatable bonds is 7. The van der Waals surface area contributed by atoms with Crippen LogP contribution in [0.25, 0.3) is 22.0 Å². The highest BCUT2D eigenvalue weighted by atomic mass is 35.5. The van der Waals surface area contributed by atoms with E-state index >= 15 is 0 Å². The van der Waals surface area contributed by atoms with Crippen molar-refractivity contribution in [1.82, 2.24) is 14.5 Å². The van der Waals surface area contributed by atoms with Gasteiger partial charge in [-0.05, 0) is 52.9 Å². The standard InChI is InChI=1S/C37H29ClN4O4/c38-27-15-16-32(42(45)46)30(23-27)26-17-19-40(34(43)22-26)33(21-24-9-3-1-4-10-24)37(44)41-20-18-29-28-13-7-8-14-31(28)39-35(29)36(41)25-11-5-2-6-12-25/h1-17,19,22-23,33,36,39H,18,20-21H2. The number of para-hydroxylation sites is 1. The largest absolute Gasteiger partial charge is 0.356 e. The van der Waals surface area contributed by atoms with E-state index in [2.05, 4.69) is 11.1 Å². The summed E-state index contributed by atoms with van der Waals surface area (Å²) in [6.45, 7) is 0.472. The SMILES string of the molecule is O=C(C(Cc1ccccc1)n1ccc(-c2cc(Cl)ccc2[N+](=O)[O-])cc1=O)N1CCc2c([nH]c3ccccc23)C1c1ccccc1. The van der Waals surface area contributed by atoms with Crippen LogP contribution in [0.15, 0.2) is 126 Å². The zero-order chi connectivity index (χ0) is 31.8. The molecule has 4 aromatic carbocycles. The molecule has 9 heteroatoms. The van der Waals surface area contributed by atoms with Gasteiger partial charge in [0.05, 0.1) is 16.5 Å². The zero-order valence-electron chi connectivity index (χ0n) is 24.7. The number of aromatic nitrogens is 2. The molecule has 0 spiro atoms. The van der Waals surface area contributed by atoms with Gasteiger partial charge >= 0.3 is 0 Å². The quantitative estimate of drug-likeness (QED) is 0.146. The Balaban J connectivity index is 1.33. The maximum atomic E-state index is 14.9. The summed E-state index contributed by atoms with van der Waals surface area (Å²) in [4.78, 5) is 45.4. The summed E-state index contributed by atoms with van der Waals surface area (Å²) in [6, 6.07) is 33.7. The minimum atomic E-state index is -0.865. The number of fused-ring (bicyclic) bond motifs is 3. The molecule has 7 rings (SSSR count). The minimum Gasteiger partial charge on any atom is -0.356 e. The van der Waals surface area contributed by atoms with Gasteiger partial charge in [-0.3, -0.25) is 19.7 Å². The molecule has 0 bridgehead atoms. The van der Waals surface area contributed by atoms with E-state index in [1.54, 1.807) is 12.3 Å². The lowest BCUT2D eigenvalue weighted by atomic mass is 9.91. The van der Waals surface area contributed by atoms with Crippen molar-refractivity contribution in [2.45, 2.75) is 24.9 Å². The number of nitro benzene ring substituents is 1. The Bertz CT molecular complexity index is 2140. The Morgan fingerprint density at radius 1 is 0.935 bits per heavy atom. The van der Waals surface area contributed by atoms with Crippen molar-refractivity contribution in [3.8, 4) is 11.1 Å². The summed E-state index contributed by atoms with van der Waals surface area (Å²) < 4.78 is 1.44. The van der Waals surface area contributed by atoms with Crippen molar-refractivity contribution >= 4 is 34.1 Å². The number of hydrogen-bond acceptors (Lipinski definition) is 4. The number of nitro groups is 1. The lowest BCUT2D eigenvalue weighted by Crippen LogP contribution is -2.46. The number of benzene rings is 4. The van der Waals surface area contributed by atoms with E-state index in [-0.39, 0.29) is 29.6 Å². The van der Waals surface area contributed by atoms with Gasteiger partial charge in [-0.15, -0.1) is 0 Å². The summed E-state index contributed by atoms with van der Waals surface area (Å²) in [5, 5.41) is 13.2. The fraction of sp³-hybridized carbons (Fsp3) is 0.135. The predicted molar refractivity (Wildman–Crippen MR) is 179 cm³/mol. The zero-order valence-corrected chi connectivity index (χ0v) is 25.4. The highest BCUT2D eigenvalue weighted by molar-refractivity contribution is 6.31. The number of nitrogens with one attached hydrogen (secondary N) is 1. The second-order valence-electron chi connectivity index (χ2n) is 11.4. The van der Waals surface area contributed by atoms with Gasteiger partial charge in [-0.2, -0.15) is 0 Å². The second kappa shape index (κ2) is 12.1. The number of pyridine rings is 1. The summed E-state index contributed by atoms with van der Waals surface area (Å²) in [6.07, 6.45) is 2.51. The Labute approximate surface area is 269 Å². The van der Waals surface area contributed by atoms with Crippen LogP contribution in [0.1, 0.15) is 34.5 Å². The fourth-order valence-electron chi connectivity index (χ4n) is 6.61. The summed E-state index contributed by atoms with van der Waals surface area (Å²) in [7, 11) is 0. The third-order valence-electron chi connectivity index (χ3n) is 8.74. The smallest absolute Gasteiger partial charge is 0.277 e. The van der Waals surface area contributed by atoms with Crippen LogP contribution in [0.5, 0.6) is 0 Å². The first-order chi connectivity index (χ1) is 22.4. The normalized spacial score (nSPS) is 15.0. The first kappa shape index (κ1) is 29.3. The molecule has 2 unspecified atom stereocenters. The molecule has 3 heterocycles. The van der Waals surface area contributed by atoms with Crippen LogP contribution in [0.2, 0.25) is 5.02 Å². The van der Waals surface area contributed by atoms with Gasteiger partial charge in [0.25, 0.3) is 11.2 Å². The molecule has 2 aromatic heterocycles. The number of hydrogen-bond donors (Lipinski definition) is 1. The monoisotopic (exact) mass is 628 g/mol. The van der Waals surface area contributed by atoms with E-state index in [9.17, 15) is 19.7 Å². The first-order valence-electron chi connectivity index (χ1n) is 15.0. The van der Waals surface area contributed by atoms with Crippen LogP contribution in [0.4, 0.5) is 5.69 Å². The number of halogens is 1. The maximum absolute atomic E-state index is 14.9. The molecule has 6 aromatic rings. The topological polar surface area (TPSA) is 101 Å².